The van der Waals surface area contributed by atoms with Gasteiger partial charge >= 0.3 is 0 Å². The summed E-state index contributed by atoms with van der Waals surface area (Å²) in [4.78, 5) is 31.6. The number of rotatable bonds is 4. The molecule has 0 unspecified atom stereocenters. The minimum Gasteiger partial charge on any atom is -0.378 e. The first-order valence-electron chi connectivity index (χ1n) is 11.2. The molecule has 0 saturated carbocycles. The number of piperidine rings is 1. The van der Waals surface area contributed by atoms with Crippen molar-refractivity contribution in [2.75, 3.05) is 45.2 Å². The Morgan fingerprint density at radius 3 is 2.22 bits per heavy atom. The van der Waals surface area contributed by atoms with Crippen LogP contribution < -0.4 is 4.90 Å². The fourth-order valence-electron chi connectivity index (χ4n) is 4.82. The highest BCUT2D eigenvalue weighted by Crippen LogP contribution is 2.41. The lowest BCUT2D eigenvalue weighted by Gasteiger charge is -2.39. The van der Waals surface area contributed by atoms with Gasteiger partial charge in [0.2, 0.25) is 5.91 Å². The number of likely N-dealkylation sites (tertiary alicyclic amines) is 2. The molecule has 1 aromatic carbocycles. The Bertz CT molecular complexity index is 995. The maximum Gasteiger partial charge on any atom is 0.259 e. The summed E-state index contributed by atoms with van der Waals surface area (Å²) >= 11 is 0. The fourth-order valence-corrected chi connectivity index (χ4v) is 4.82. The average Bonchev–Trinajstić information content (AvgIpc) is 3.35. The molecule has 1 spiro atoms. The van der Waals surface area contributed by atoms with Gasteiger partial charge < -0.3 is 19.2 Å². The van der Waals surface area contributed by atoms with E-state index in [1.807, 2.05) is 54.2 Å². The van der Waals surface area contributed by atoms with Crippen LogP contribution in [0.25, 0.3) is 6.08 Å². The smallest absolute Gasteiger partial charge is 0.259 e. The second-order valence-electron chi connectivity index (χ2n) is 9.32. The molecule has 2 fully saturated rings. The molecule has 3 heterocycles. The first kappa shape index (κ1) is 22.1. The van der Waals surface area contributed by atoms with Crippen molar-refractivity contribution in [3.05, 3.63) is 52.9 Å². The molecule has 0 N–H and O–H groups in total. The fraction of sp³-hybridized carbons (Fsp3) is 0.480. The molecule has 2 amide bonds. The minimum atomic E-state index is 0.00486. The van der Waals surface area contributed by atoms with E-state index in [0.717, 1.165) is 43.6 Å². The third kappa shape index (κ3) is 4.42. The SMILES string of the molecule is Cc1noc(C)c1C(=O)N1CCC2(CCN(C(=O)/C=C/c3ccc(N(C)C)cc3)C2)CC1. The van der Waals surface area contributed by atoms with Gasteiger partial charge in [0.1, 0.15) is 11.3 Å². The van der Waals surface area contributed by atoms with Crippen molar-refractivity contribution in [2.45, 2.75) is 33.1 Å². The number of benzene rings is 1. The van der Waals surface area contributed by atoms with Crippen LogP contribution in [0.2, 0.25) is 0 Å². The zero-order chi connectivity index (χ0) is 22.9. The van der Waals surface area contributed by atoms with Gasteiger partial charge in [-0.2, -0.15) is 0 Å². The number of hydrogen-bond donors (Lipinski definition) is 0. The normalized spacial score (nSPS) is 18.0. The number of carbonyl (C=O) groups is 2. The van der Waals surface area contributed by atoms with E-state index in [4.69, 9.17) is 4.52 Å². The van der Waals surface area contributed by atoms with Crippen LogP contribution in [0.3, 0.4) is 0 Å². The van der Waals surface area contributed by atoms with E-state index in [9.17, 15) is 9.59 Å². The highest BCUT2D eigenvalue weighted by Gasteiger charge is 2.42. The Labute approximate surface area is 189 Å². The van der Waals surface area contributed by atoms with E-state index in [1.54, 1.807) is 19.9 Å². The first-order valence-corrected chi connectivity index (χ1v) is 11.2. The quantitative estimate of drug-likeness (QED) is 0.686. The average molecular weight is 437 g/mol. The molecule has 0 bridgehead atoms. The number of nitrogens with zero attached hydrogens (tertiary/aromatic N) is 4. The molecule has 1 aromatic heterocycles. The molecule has 7 heteroatoms. The van der Waals surface area contributed by atoms with Gasteiger partial charge in [-0.15, -0.1) is 0 Å². The predicted octanol–water partition coefficient (Wildman–Crippen LogP) is 3.53. The minimum absolute atomic E-state index is 0.00486. The number of amides is 2. The summed E-state index contributed by atoms with van der Waals surface area (Å²) in [6.45, 7) is 6.55. The maximum absolute atomic E-state index is 12.9. The third-order valence-corrected chi connectivity index (χ3v) is 6.94. The zero-order valence-electron chi connectivity index (χ0n) is 19.4. The predicted molar refractivity (Wildman–Crippen MR) is 125 cm³/mol. The van der Waals surface area contributed by atoms with Gasteiger partial charge in [0.05, 0.1) is 5.69 Å². The molecule has 4 rings (SSSR count). The monoisotopic (exact) mass is 436 g/mol. The number of anilines is 1. The molecule has 0 aliphatic carbocycles. The van der Waals surface area contributed by atoms with Crippen LogP contribution in [-0.2, 0) is 4.79 Å². The molecule has 0 atom stereocenters. The van der Waals surface area contributed by atoms with Gasteiger partial charge in [0.25, 0.3) is 5.91 Å². The van der Waals surface area contributed by atoms with E-state index >= 15 is 0 Å². The second-order valence-corrected chi connectivity index (χ2v) is 9.32. The summed E-state index contributed by atoms with van der Waals surface area (Å²) < 4.78 is 5.16. The number of hydrogen-bond acceptors (Lipinski definition) is 5. The Kier molecular flexibility index (Phi) is 6.09. The van der Waals surface area contributed by atoms with Crippen LogP contribution in [0, 0.1) is 19.3 Å². The van der Waals surface area contributed by atoms with Crippen LogP contribution >= 0.6 is 0 Å². The Morgan fingerprint density at radius 2 is 1.66 bits per heavy atom. The van der Waals surface area contributed by atoms with Crippen LogP contribution in [-0.4, -0.2) is 67.0 Å². The Hall–Kier alpha value is -3.09. The molecule has 2 aliphatic rings. The molecule has 2 aromatic rings. The van der Waals surface area contributed by atoms with Gasteiger partial charge in [-0.1, -0.05) is 17.3 Å². The highest BCUT2D eigenvalue weighted by atomic mass is 16.5. The highest BCUT2D eigenvalue weighted by molar-refractivity contribution is 5.96. The third-order valence-electron chi connectivity index (χ3n) is 6.94. The van der Waals surface area contributed by atoms with Crippen LogP contribution in [0.15, 0.2) is 34.9 Å². The van der Waals surface area contributed by atoms with Gasteiger partial charge in [-0.05, 0) is 62.3 Å². The lowest BCUT2D eigenvalue weighted by Crippen LogP contribution is -2.44. The van der Waals surface area contributed by atoms with Crippen molar-refractivity contribution in [1.82, 2.24) is 15.0 Å². The van der Waals surface area contributed by atoms with Crippen molar-refractivity contribution >= 4 is 23.6 Å². The largest absolute Gasteiger partial charge is 0.378 e. The number of aromatic nitrogens is 1. The van der Waals surface area contributed by atoms with Gasteiger partial charge in [-0.25, -0.2) is 0 Å². The summed E-state index contributed by atoms with van der Waals surface area (Å²) in [5, 5.41) is 3.91. The first-order chi connectivity index (χ1) is 15.3. The molecule has 170 valence electrons. The van der Waals surface area contributed by atoms with Crippen molar-refractivity contribution in [1.29, 1.82) is 0 Å². The van der Waals surface area contributed by atoms with Crippen molar-refractivity contribution in [3.8, 4) is 0 Å². The van der Waals surface area contributed by atoms with Gasteiger partial charge in [0.15, 0.2) is 0 Å². The number of carbonyl (C=O) groups excluding carboxylic acids is 2. The van der Waals surface area contributed by atoms with E-state index in [1.165, 1.54) is 0 Å². The van der Waals surface area contributed by atoms with E-state index in [-0.39, 0.29) is 17.2 Å². The molecule has 2 aliphatic heterocycles. The van der Waals surface area contributed by atoms with Crippen molar-refractivity contribution < 1.29 is 14.1 Å². The molecule has 0 radical (unpaired) electrons. The van der Waals surface area contributed by atoms with E-state index < -0.39 is 0 Å². The van der Waals surface area contributed by atoms with Gasteiger partial charge in [0, 0.05) is 52.0 Å². The van der Waals surface area contributed by atoms with Crippen molar-refractivity contribution in [2.24, 2.45) is 5.41 Å². The van der Waals surface area contributed by atoms with Crippen LogP contribution in [0.1, 0.15) is 46.6 Å². The lowest BCUT2D eigenvalue weighted by atomic mass is 9.77. The summed E-state index contributed by atoms with van der Waals surface area (Å²) in [5.74, 6) is 0.645. The molecule has 32 heavy (non-hydrogen) atoms. The standard InChI is InChI=1S/C25H32N4O3/c1-18-23(19(2)32-26-18)24(31)28-14-11-25(12-15-28)13-16-29(17-25)22(30)10-7-20-5-8-21(9-6-20)27(3)4/h5-10H,11-17H2,1-4H3/b10-7+. The van der Waals surface area contributed by atoms with Crippen molar-refractivity contribution in [3.63, 3.8) is 0 Å². The summed E-state index contributed by atoms with van der Waals surface area (Å²) in [6.07, 6.45) is 6.40. The summed E-state index contributed by atoms with van der Waals surface area (Å²) in [5.41, 5.74) is 3.51. The Balaban J connectivity index is 1.32. The zero-order valence-corrected chi connectivity index (χ0v) is 19.4. The lowest BCUT2D eigenvalue weighted by molar-refractivity contribution is -0.125. The molecular formula is C25H32N4O3. The number of aryl methyl sites for hydroxylation is 2. The maximum atomic E-state index is 12.9. The molecule has 7 nitrogen and oxygen atoms in total. The van der Waals surface area contributed by atoms with E-state index in [2.05, 4.69) is 10.1 Å². The Morgan fingerprint density at radius 1 is 1.03 bits per heavy atom. The van der Waals surface area contributed by atoms with Gasteiger partial charge in [-0.3, -0.25) is 9.59 Å². The molecular weight excluding hydrogens is 404 g/mol. The van der Waals surface area contributed by atoms with Crippen LogP contribution in [0.4, 0.5) is 5.69 Å². The molecule has 2 saturated heterocycles. The second kappa shape index (κ2) is 8.81. The topological polar surface area (TPSA) is 69.9 Å². The summed E-state index contributed by atoms with van der Waals surface area (Å²) in [6, 6.07) is 8.14. The summed E-state index contributed by atoms with van der Waals surface area (Å²) in [7, 11) is 4.02. The van der Waals surface area contributed by atoms with Crippen LogP contribution in [0.5, 0.6) is 0 Å². The van der Waals surface area contributed by atoms with E-state index in [0.29, 0.717) is 30.1 Å².